The minimum absolute atomic E-state index is 0.143. The van der Waals surface area contributed by atoms with Crippen LogP contribution in [0, 0.1) is 11.3 Å². The van der Waals surface area contributed by atoms with Crippen molar-refractivity contribution >= 4 is 5.97 Å². The van der Waals surface area contributed by atoms with Gasteiger partial charge >= 0.3 is 5.97 Å². The molecule has 0 N–H and O–H groups in total. The van der Waals surface area contributed by atoms with Crippen molar-refractivity contribution in [1.29, 1.82) is 5.26 Å². The normalized spacial score (nSPS) is 14.4. The van der Waals surface area contributed by atoms with Gasteiger partial charge in [-0.3, -0.25) is 4.79 Å². The second-order valence-corrected chi connectivity index (χ2v) is 5.75. The molecule has 1 heterocycles. The standard InChI is InChI=1S/C20H19NO4/c1-2-23-20(22)11-16(14-6-4-3-5-7-14)17(12-21)15-8-9-18-19(10-15)25-13-24-18/h3-10,16-17H,2,11,13H2,1H3. The Morgan fingerprint density at radius 3 is 2.64 bits per heavy atom. The number of hydrogen-bond acceptors (Lipinski definition) is 5. The lowest BCUT2D eigenvalue weighted by molar-refractivity contribution is -0.143. The molecule has 0 fully saturated rings. The summed E-state index contributed by atoms with van der Waals surface area (Å²) in [5.74, 6) is 0.187. The van der Waals surface area contributed by atoms with Crippen molar-refractivity contribution < 1.29 is 19.0 Å². The first-order chi connectivity index (χ1) is 12.2. The third kappa shape index (κ3) is 3.74. The summed E-state index contributed by atoms with van der Waals surface area (Å²) >= 11 is 0. The lowest BCUT2D eigenvalue weighted by Gasteiger charge is -2.22. The van der Waals surface area contributed by atoms with Crippen LogP contribution in [-0.4, -0.2) is 19.4 Å². The highest BCUT2D eigenvalue weighted by molar-refractivity contribution is 5.71. The molecule has 0 aliphatic carbocycles. The predicted octanol–water partition coefficient (Wildman–Crippen LogP) is 3.76. The van der Waals surface area contributed by atoms with Crippen molar-refractivity contribution in [3.8, 4) is 17.6 Å². The fraction of sp³-hybridized carbons (Fsp3) is 0.300. The molecule has 0 saturated heterocycles. The van der Waals surface area contributed by atoms with Gasteiger partial charge in [0.05, 0.1) is 25.0 Å². The molecular formula is C20H19NO4. The van der Waals surface area contributed by atoms with Crippen LogP contribution in [0.25, 0.3) is 0 Å². The average Bonchev–Trinajstić information content (AvgIpc) is 3.10. The zero-order valence-corrected chi connectivity index (χ0v) is 14.0. The second-order valence-electron chi connectivity index (χ2n) is 5.75. The van der Waals surface area contributed by atoms with Crippen LogP contribution in [0.2, 0.25) is 0 Å². The fourth-order valence-corrected chi connectivity index (χ4v) is 3.03. The van der Waals surface area contributed by atoms with Crippen molar-refractivity contribution in [2.24, 2.45) is 0 Å². The number of esters is 1. The lowest BCUT2D eigenvalue weighted by Crippen LogP contribution is -2.16. The van der Waals surface area contributed by atoms with E-state index in [2.05, 4.69) is 6.07 Å². The highest BCUT2D eigenvalue weighted by atomic mass is 16.7. The van der Waals surface area contributed by atoms with E-state index < -0.39 is 5.92 Å². The molecule has 1 aliphatic heterocycles. The van der Waals surface area contributed by atoms with Crippen molar-refractivity contribution in [1.82, 2.24) is 0 Å². The molecular weight excluding hydrogens is 318 g/mol. The molecule has 128 valence electrons. The summed E-state index contributed by atoms with van der Waals surface area (Å²) in [5, 5.41) is 9.83. The Kier molecular flexibility index (Phi) is 5.20. The van der Waals surface area contributed by atoms with E-state index in [1.807, 2.05) is 42.5 Å². The number of benzene rings is 2. The Morgan fingerprint density at radius 2 is 1.92 bits per heavy atom. The molecule has 0 saturated carbocycles. The van der Waals surface area contributed by atoms with E-state index in [-0.39, 0.29) is 25.1 Å². The Hall–Kier alpha value is -3.00. The molecule has 2 atom stereocenters. The topological polar surface area (TPSA) is 68.6 Å². The van der Waals surface area contributed by atoms with E-state index in [0.29, 0.717) is 18.1 Å². The van der Waals surface area contributed by atoms with E-state index >= 15 is 0 Å². The van der Waals surface area contributed by atoms with Crippen LogP contribution in [-0.2, 0) is 9.53 Å². The molecule has 0 aromatic heterocycles. The molecule has 3 rings (SSSR count). The van der Waals surface area contributed by atoms with Crippen molar-refractivity contribution in [2.75, 3.05) is 13.4 Å². The van der Waals surface area contributed by atoms with Crippen molar-refractivity contribution in [3.63, 3.8) is 0 Å². The second kappa shape index (κ2) is 7.71. The monoisotopic (exact) mass is 337 g/mol. The Labute approximate surface area is 146 Å². The van der Waals surface area contributed by atoms with Crippen LogP contribution in [0.5, 0.6) is 11.5 Å². The van der Waals surface area contributed by atoms with Gasteiger partial charge in [0.25, 0.3) is 0 Å². The van der Waals surface area contributed by atoms with Crippen LogP contribution in [0.4, 0.5) is 0 Å². The molecule has 0 radical (unpaired) electrons. The average molecular weight is 337 g/mol. The summed E-state index contributed by atoms with van der Waals surface area (Å²) in [6, 6.07) is 17.4. The van der Waals surface area contributed by atoms with Crippen LogP contribution in [0.3, 0.4) is 0 Å². The van der Waals surface area contributed by atoms with Crippen LogP contribution < -0.4 is 9.47 Å². The van der Waals surface area contributed by atoms with Gasteiger partial charge in [0.1, 0.15) is 0 Å². The molecule has 2 aromatic rings. The quantitative estimate of drug-likeness (QED) is 0.751. The summed E-state index contributed by atoms with van der Waals surface area (Å²) in [4.78, 5) is 12.1. The summed E-state index contributed by atoms with van der Waals surface area (Å²) in [7, 11) is 0. The van der Waals surface area contributed by atoms with Crippen molar-refractivity contribution in [2.45, 2.75) is 25.2 Å². The van der Waals surface area contributed by atoms with E-state index in [4.69, 9.17) is 14.2 Å². The number of hydrogen-bond donors (Lipinski definition) is 0. The maximum Gasteiger partial charge on any atom is 0.306 e. The van der Waals surface area contributed by atoms with E-state index in [1.165, 1.54) is 0 Å². The maximum absolute atomic E-state index is 12.1. The first-order valence-electron chi connectivity index (χ1n) is 8.22. The van der Waals surface area contributed by atoms with Gasteiger partial charge < -0.3 is 14.2 Å². The first-order valence-corrected chi connectivity index (χ1v) is 8.22. The minimum Gasteiger partial charge on any atom is -0.466 e. The Morgan fingerprint density at radius 1 is 1.16 bits per heavy atom. The highest BCUT2D eigenvalue weighted by Gasteiger charge is 2.29. The molecule has 2 aromatic carbocycles. The van der Waals surface area contributed by atoms with Crippen LogP contribution >= 0.6 is 0 Å². The lowest BCUT2D eigenvalue weighted by atomic mass is 9.80. The molecule has 0 bridgehead atoms. The van der Waals surface area contributed by atoms with Gasteiger partial charge in [0.15, 0.2) is 11.5 Å². The van der Waals surface area contributed by atoms with Crippen LogP contribution in [0.15, 0.2) is 48.5 Å². The summed E-state index contributed by atoms with van der Waals surface area (Å²) in [6.45, 7) is 2.28. The van der Waals surface area contributed by atoms with Gasteiger partial charge in [-0.1, -0.05) is 36.4 Å². The summed E-state index contributed by atoms with van der Waals surface area (Å²) < 4.78 is 15.9. The Bertz CT molecular complexity index is 782. The van der Waals surface area contributed by atoms with Gasteiger partial charge in [-0.05, 0) is 30.2 Å². The Balaban J connectivity index is 1.95. The maximum atomic E-state index is 12.1. The third-order valence-electron chi connectivity index (χ3n) is 4.22. The van der Waals surface area contributed by atoms with Crippen molar-refractivity contribution in [3.05, 3.63) is 59.7 Å². The largest absolute Gasteiger partial charge is 0.466 e. The minimum atomic E-state index is -0.499. The number of carbonyl (C=O) groups excluding carboxylic acids is 1. The molecule has 0 amide bonds. The third-order valence-corrected chi connectivity index (χ3v) is 4.22. The molecule has 2 unspecified atom stereocenters. The summed E-state index contributed by atoms with van der Waals surface area (Å²) in [6.07, 6.45) is 0.143. The van der Waals surface area contributed by atoms with Gasteiger partial charge in [-0.15, -0.1) is 0 Å². The first kappa shape index (κ1) is 16.8. The zero-order valence-electron chi connectivity index (χ0n) is 14.0. The van der Waals surface area contributed by atoms with Gasteiger partial charge in [-0.2, -0.15) is 5.26 Å². The molecule has 0 spiro atoms. The van der Waals surface area contributed by atoms with E-state index in [0.717, 1.165) is 11.1 Å². The zero-order chi connectivity index (χ0) is 17.6. The van der Waals surface area contributed by atoms with E-state index in [1.54, 1.807) is 13.0 Å². The number of ether oxygens (including phenoxy) is 3. The number of carbonyl (C=O) groups is 1. The SMILES string of the molecule is CCOC(=O)CC(c1ccccc1)C(C#N)c1ccc2c(c1)OCO2. The number of nitriles is 1. The predicted molar refractivity (Wildman–Crippen MR) is 91.4 cm³/mol. The van der Waals surface area contributed by atoms with Crippen LogP contribution in [0.1, 0.15) is 36.3 Å². The number of rotatable bonds is 6. The molecule has 5 heteroatoms. The van der Waals surface area contributed by atoms with E-state index in [9.17, 15) is 10.1 Å². The van der Waals surface area contributed by atoms with Gasteiger partial charge in [0, 0.05) is 5.92 Å². The fourth-order valence-electron chi connectivity index (χ4n) is 3.03. The number of fused-ring (bicyclic) bond motifs is 1. The molecule has 25 heavy (non-hydrogen) atoms. The molecule has 5 nitrogen and oxygen atoms in total. The number of nitrogens with zero attached hydrogens (tertiary/aromatic N) is 1. The smallest absolute Gasteiger partial charge is 0.306 e. The molecule has 1 aliphatic rings. The van der Waals surface area contributed by atoms with Gasteiger partial charge in [0.2, 0.25) is 6.79 Å². The van der Waals surface area contributed by atoms with Gasteiger partial charge in [-0.25, -0.2) is 0 Å². The highest BCUT2D eigenvalue weighted by Crippen LogP contribution is 2.40. The summed E-state index contributed by atoms with van der Waals surface area (Å²) in [5.41, 5.74) is 1.73.